The number of nitrogens with one attached hydrogen (secondary N) is 1. The number of rotatable bonds is 6. The summed E-state index contributed by atoms with van der Waals surface area (Å²) in [4.78, 5) is 12.2. The van der Waals surface area contributed by atoms with Crippen molar-refractivity contribution in [3.05, 3.63) is 75.1 Å². The van der Waals surface area contributed by atoms with Crippen LogP contribution in [0.1, 0.15) is 6.92 Å². The van der Waals surface area contributed by atoms with Crippen LogP contribution in [0.25, 0.3) is 5.69 Å². The van der Waals surface area contributed by atoms with E-state index in [0.29, 0.717) is 23.7 Å². The van der Waals surface area contributed by atoms with Gasteiger partial charge >= 0.3 is 0 Å². The Hall–Kier alpha value is -2.55. The van der Waals surface area contributed by atoms with Crippen LogP contribution in [0.15, 0.2) is 64.4 Å². The van der Waals surface area contributed by atoms with Gasteiger partial charge in [0.2, 0.25) is 0 Å². The highest BCUT2D eigenvalue weighted by atomic mass is 35.5. The third-order valence-corrected chi connectivity index (χ3v) is 5.83. The molecule has 0 unspecified atom stereocenters. The number of benzene rings is 2. The fourth-order valence-electron chi connectivity index (χ4n) is 2.40. The number of anilines is 1. The van der Waals surface area contributed by atoms with Crippen molar-refractivity contribution in [2.75, 3.05) is 11.3 Å². The van der Waals surface area contributed by atoms with Crippen LogP contribution in [-0.4, -0.2) is 24.8 Å². The third kappa shape index (κ3) is 4.14. The highest BCUT2D eigenvalue weighted by Crippen LogP contribution is 2.27. The minimum atomic E-state index is -3.86. The number of sulfonamides is 1. The average molecular weight is 440 g/mol. The number of aromatic nitrogens is 2. The summed E-state index contributed by atoms with van der Waals surface area (Å²) in [5.41, 5.74) is 0.0709. The molecule has 1 aromatic heterocycles. The molecular weight excluding hydrogens is 425 g/mol. The molecule has 3 aromatic rings. The molecule has 0 bridgehead atoms. The van der Waals surface area contributed by atoms with Gasteiger partial charge in [-0.05, 0) is 43.3 Å². The maximum Gasteiger partial charge on any atom is 0.291 e. The van der Waals surface area contributed by atoms with Crippen LogP contribution in [0, 0.1) is 0 Å². The standard InChI is InChI=1S/C18H15Cl2N3O4S/c1-2-27-16-6-4-3-5-15(16)22-28(25,26)13-9-7-12(8-10-13)23-18(24)17(20)14(19)11-21-23/h3-11,22H,2H2,1H3. The molecule has 0 aliphatic rings. The van der Waals surface area contributed by atoms with Crippen molar-refractivity contribution < 1.29 is 13.2 Å². The van der Waals surface area contributed by atoms with Gasteiger partial charge in [-0.1, -0.05) is 35.3 Å². The highest BCUT2D eigenvalue weighted by molar-refractivity contribution is 7.92. The van der Waals surface area contributed by atoms with Crippen molar-refractivity contribution in [1.29, 1.82) is 0 Å². The first kappa shape index (κ1) is 20.2. The molecule has 28 heavy (non-hydrogen) atoms. The lowest BCUT2D eigenvalue weighted by molar-refractivity contribution is 0.342. The summed E-state index contributed by atoms with van der Waals surface area (Å²) in [5.74, 6) is 0.428. The third-order valence-electron chi connectivity index (χ3n) is 3.70. The number of para-hydroxylation sites is 2. The minimum Gasteiger partial charge on any atom is -0.492 e. The molecule has 0 atom stereocenters. The van der Waals surface area contributed by atoms with Crippen molar-refractivity contribution in [1.82, 2.24) is 9.78 Å². The first-order chi connectivity index (χ1) is 13.3. The molecule has 1 heterocycles. The van der Waals surface area contributed by atoms with Gasteiger partial charge in [0.25, 0.3) is 15.6 Å². The van der Waals surface area contributed by atoms with Gasteiger partial charge in [-0.15, -0.1) is 0 Å². The van der Waals surface area contributed by atoms with Gasteiger partial charge in [-0.2, -0.15) is 9.78 Å². The first-order valence-corrected chi connectivity index (χ1v) is 10.4. The summed E-state index contributed by atoms with van der Waals surface area (Å²) in [6.45, 7) is 2.21. The Morgan fingerprint density at radius 3 is 2.46 bits per heavy atom. The predicted octanol–water partition coefficient (Wildman–Crippen LogP) is 3.74. The lowest BCUT2D eigenvalue weighted by atomic mass is 10.3. The normalized spacial score (nSPS) is 11.2. The molecule has 0 saturated carbocycles. The van der Waals surface area contributed by atoms with Gasteiger partial charge in [0.1, 0.15) is 10.8 Å². The van der Waals surface area contributed by atoms with Crippen LogP contribution < -0.4 is 15.0 Å². The van der Waals surface area contributed by atoms with Crippen LogP contribution >= 0.6 is 23.2 Å². The Labute approximate surface area is 171 Å². The number of halogens is 2. The van der Waals surface area contributed by atoms with E-state index < -0.39 is 15.6 Å². The second kappa shape index (κ2) is 8.22. The summed E-state index contributed by atoms with van der Waals surface area (Å²) in [6, 6.07) is 12.3. The van der Waals surface area contributed by atoms with Gasteiger partial charge in [-0.3, -0.25) is 9.52 Å². The minimum absolute atomic E-state index is 0.00987. The summed E-state index contributed by atoms with van der Waals surface area (Å²) in [6.07, 6.45) is 1.24. The molecule has 1 N–H and O–H groups in total. The van der Waals surface area contributed by atoms with Crippen molar-refractivity contribution in [3.63, 3.8) is 0 Å². The largest absolute Gasteiger partial charge is 0.492 e. The Morgan fingerprint density at radius 1 is 1.11 bits per heavy atom. The molecule has 0 aliphatic carbocycles. The van der Waals surface area contributed by atoms with Crippen LogP contribution in [0.3, 0.4) is 0 Å². The Bertz CT molecular complexity index is 1160. The zero-order chi connectivity index (χ0) is 20.3. The Balaban J connectivity index is 1.91. The van der Waals surface area contributed by atoms with Gasteiger partial charge in [0.15, 0.2) is 0 Å². The van der Waals surface area contributed by atoms with E-state index in [4.69, 9.17) is 27.9 Å². The van der Waals surface area contributed by atoms with E-state index in [9.17, 15) is 13.2 Å². The number of nitrogens with zero attached hydrogens (tertiary/aromatic N) is 2. The molecule has 0 aliphatic heterocycles. The van der Waals surface area contributed by atoms with Gasteiger partial charge in [0.05, 0.1) is 34.1 Å². The quantitative estimate of drug-likeness (QED) is 0.631. The Kier molecular flexibility index (Phi) is 5.93. The molecule has 0 spiro atoms. The molecule has 0 fully saturated rings. The van der Waals surface area contributed by atoms with E-state index in [2.05, 4.69) is 9.82 Å². The molecule has 0 amide bonds. The lowest BCUT2D eigenvalue weighted by Gasteiger charge is -2.13. The molecule has 0 saturated heterocycles. The van der Waals surface area contributed by atoms with Gasteiger partial charge in [0, 0.05) is 0 Å². The molecule has 0 radical (unpaired) electrons. The van der Waals surface area contributed by atoms with Crippen LogP contribution in [-0.2, 0) is 10.0 Å². The van der Waals surface area contributed by atoms with E-state index in [1.165, 1.54) is 30.5 Å². The molecule has 3 rings (SSSR count). The molecule has 2 aromatic carbocycles. The highest BCUT2D eigenvalue weighted by Gasteiger charge is 2.17. The summed E-state index contributed by atoms with van der Waals surface area (Å²) in [7, 11) is -3.86. The molecular formula is C18H15Cl2N3O4S. The van der Waals surface area contributed by atoms with E-state index in [0.717, 1.165) is 4.68 Å². The van der Waals surface area contributed by atoms with Crippen molar-refractivity contribution in [2.45, 2.75) is 11.8 Å². The smallest absolute Gasteiger partial charge is 0.291 e. The average Bonchev–Trinajstić information content (AvgIpc) is 2.68. The fourth-order valence-corrected chi connectivity index (χ4v) is 3.72. The van der Waals surface area contributed by atoms with E-state index >= 15 is 0 Å². The number of hydrogen-bond acceptors (Lipinski definition) is 5. The zero-order valence-corrected chi connectivity index (χ0v) is 16.9. The summed E-state index contributed by atoms with van der Waals surface area (Å²) >= 11 is 11.6. The van der Waals surface area contributed by atoms with Crippen LogP contribution in [0.4, 0.5) is 5.69 Å². The maximum atomic E-state index is 12.7. The first-order valence-electron chi connectivity index (χ1n) is 8.12. The fraction of sp³-hybridized carbons (Fsp3) is 0.111. The molecule has 146 valence electrons. The van der Waals surface area contributed by atoms with Crippen molar-refractivity contribution >= 4 is 38.9 Å². The van der Waals surface area contributed by atoms with Crippen LogP contribution in [0.2, 0.25) is 10.0 Å². The Morgan fingerprint density at radius 2 is 1.79 bits per heavy atom. The topological polar surface area (TPSA) is 90.3 Å². The van der Waals surface area contributed by atoms with Crippen molar-refractivity contribution in [3.8, 4) is 11.4 Å². The van der Waals surface area contributed by atoms with E-state index in [1.807, 2.05) is 6.92 Å². The van der Waals surface area contributed by atoms with E-state index in [-0.39, 0.29) is 14.9 Å². The zero-order valence-electron chi connectivity index (χ0n) is 14.6. The predicted molar refractivity (Wildman–Crippen MR) is 108 cm³/mol. The van der Waals surface area contributed by atoms with E-state index in [1.54, 1.807) is 24.3 Å². The lowest BCUT2D eigenvalue weighted by Crippen LogP contribution is -2.21. The van der Waals surface area contributed by atoms with Gasteiger partial charge in [-0.25, -0.2) is 8.42 Å². The number of hydrogen-bond donors (Lipinski definition) is 1. The summed E-state index contributed by atoms with van der Waals surface area (Å²) < 4.78 is 34.3. The second-order valence-corrected chi connectivity index (χ2v) is 8.02. The molecule has 10 heteroatoms. The monoisotopic (exact) mass is 439 g/mol. The summed E-state index contributed by atoms with van der Waals surface area (Å²) in [5, 5.41) is 3.78. The SMILES string of the molecule is CCOc1ccccc1NS(=O)(=O)c1ccc(-n2ncc(Cl)c(Cl)c2=O)cc1. The molecule has 7 nitrogen and oxygen atoms in total. The second-order valence-electron chi connectivity index (χ2n) is 5.55. The van der Waals surface area contributed by atoms with Crippen LogP contribution in [0.5, 0.6) is 5.75 Å². The van der Waals surface area contributed by atoms with Gasteiger partial charge < -0.3 is 4.74 Å². The maximum absolute atomic E-state index is 12.7. The van der Waals surface area contributed by atoms with Crippen molar-refractivity contribution in [2.24, 2.45) is 0 Å². The number of ether oxygens (including phenoxy) is 1.